The summed E-state index contributed by atoms with van der Waals surface area (Å²) >= 11 is 0. The van der Waals surface area contributed by atoms with Crippen LogP contribution in [0.4, 0.5) is 0 Å². The Morgan fingerprint density at radius 3 is 1.25 bits per heavy atom. The Balaban J connectivity index is 0. The molecule has 2 nitrogen and oxygen atoms in total. The average Bonchev–Trinajstić information content (AvgIpc) is 1.87. The van der Waals surface area contributed by atoms with Crippen molar-refractivity contribution in [3.05, 3.63) is 0 Å². The molecule has 0 aromatic rings. The third kappa shape index (κ3) is 22.5. The molecule has 0 unspecified atom stereocenters. The summed E-state index contributed by atoms with van der Waals surface area (Å²) in [5, 5.41) is 0. The van der Waals surface area contributed by atoms with Crippen LogP contribution in [0.1, 0.15) is 27.7 Å². The molecule has 12 heavy (non-hydrogen) atoms. The van der Waals surface area contributed by atoms with E-state index in [2.05, 4.69) is 32.4 Å². The number of methoxy groups -OCH3 is 1. The zero-order chi connectivity index (χ0) is 9.98. The average molecular weight is 176 g/mol. The lowest BCUT2D eigenvalue weighted by atomic mass is 10.2. The molecule has 0 aromatic heterocycles. The van der Waals surface area contributed by atoms with Gasteiger partial charge in [-0.05, 0) is 11.8 Å². The van der Waals surface area contributed by atoms with Crippen molar-refractivity contribution >= 4 is 0 Å². The molecule has 0 rings (SSSR count). The summed E-state index contributed by atoms with van der Waals surface area (Å²) in [4.78, 5) is 0. The minimum atomic E-state index is 0.670. The Labute approximate surface area is 77.3 Å². The monoisotopic (exact) mass is 176 g/mol. The van der Waals surface area contributed by atoms with Crippen LogP contribution in [0.2, 0.25) is 0 Å². The van der Waals surface area contributed by atoms with Gasteiger partial charge in [0.25, 0.3) is 0 Å². The van der Waals surface area contributed by atoms with E-state index < -0.39 is 0 Å². The zero-order valence-electron chi connectivity index (χ0n) is 9.39. The van der Waals surface area contributed by atoms with E-state index >= 15 is 0 Å². The summed E-state index contributed by atoms with van der Waals surface area (Å²) in [6.45, 7) is 10.5. The molecule has 76 valence electrons. The van der Waals surface area contributed by atoms with Gasteiger partial charge in [-0.3, -0.25) is 0 Å². The molecule has 0 aliphatic rings. The summed E-state index contributed by atoms with van der Waals surface area (Å²) in [6, 6.07) is 0. The second kappa shape index (κ2) is 10.9. The van der Waals surface area contributed by atoms with Crippen molar-refractivity contribution in [3.8, 4) is 0 Å². The molecule has 0 N–H and O–H groups in total. The molecule has 0 aliphatic carbocycles. The van der Waals surface area contributed by atoms with Crippen molar-refractivity contribution in [2.24, 2.45) is 11.8 Å². The number of rotatable bonds is 4. The van der Waals surface area contributed by atoms with E-state index in [-0.39, 0.29) is 0 Å². The van der Waals surface area contributed by atoms with E-state index in [1.165, 1.54) is 0 Å². The van der Waals surface area contributed by atoms with Gasteiger partial charge < -0.3 is 9.47 Å². The fourth-order valence-electron chi connectivity index (χ4n) is 0.539. The number of hydrogen-bond acceptors (Lipinski definition) is 2. The van der Waals surface area contributed by atoms with Crippen molar-refractivity contribution < 1.29 is 9.47 Å². The largest absolute Gasteiger partial charge is 0.388 e. The predicted molar refractivity (Wildman–Crippen MR) is 53.4 cm³/mol. The molecule has 0 bridgehead atoms. The van der Waals surface area contributed by atoms with E-state index in [9.17, 15) is 0 Å². The minimum absolute atomic E-state index is 0.670. The maximum Gasteiger partial charge on any atom is 0.0489 e. The van der Waals surface area contributed by atoms with Crippen LogP contribution in [-0.4, -0.2) is 27.4 Å². The highest BCUT2D eigenvalue weighted by Crippen LogP contribution is 1.96. The molecule has 0 heterocycles. The molecule has 0 fully saturated rings. The van der Waals surface area contributed by atoms with Gasteiger partial charge in [-0.2, -0.15) is 0 Å². The summed E-state index contributed by atoms with van der Waals surface area (Å²) < 4.78 is 9.61. The van der Waals surface area contributed by atoms with Crippen LogP contribution in [0.5, 0.6) is 0 Å². The molecular formula is C10H24O2. The Hall–Kier alpha value is -0.0800. The molecular weight excluding hydrogens is 152 g/mol. The Bertz CT molecular complexity index is 62.2. The number of hydrogen-bond donors (Lipinski definition) is 0. The second-order valence-corrected chi connectivity index (χ2v) is 3.73. The third-order valence-corrected chi connectivity index (χ3v) is 0.902. The van der Waals surface area contributed by atoms with E-state index in [1.54, 1.807) is 14.2 Å². The molecule has 0 saturated heterocycles. The van der Waals surface area contributed by atoms with Gasteiger partial charge in [0, 0.05) is 27.4 Å². The van der Waals surface area contributed by atoms with Crippen LogP contribution in [0.3, 0.4) is 0 Å². The molecule has 0 saturated carbocycles. The number of ether oxygens (including phenoxy) is 2. The topological polar surface area (TPSA) is 18.5 Å². The van der Waals surface area contributed by atoms with Crippen LogP contribution >= 0.6 is 0 Å². The van der Waals surface area contributed by atoms with Crippen LogP contribution in [-0.2, 0) is 9.47 Å². The minimum Gasteiger partial charge on any atom is -0.388 e. The summed E-state index contributed by atoms with van der Waals surface area (Å²) in [5.41, 5.74) is 0. The molecule has 0 amide bonds. The van der Waals surface area contributed by atoms with E-state index in [4.69, 9.17) is 4.74 Å². The van der Waals surface area contributed by atoms with Crippen molar-refractivity contribution in [2.75, 3.05) is 27.4 Å². The fraction of sp³-hybridized carbons (Fsp3) is 1.00. The van der Waals surface area contributed by atoms with Crippen LogP contribution in [0.15, 0.2) is 0 Å². The van der Waals surface area contributed by atoms with E-state index in [0.717, 1.165) is 13.2 Å². The smallest absolute Gasteiger partial charge is 0.0489 e. The first-order valence-corrected chi connectivity index (χ1v) is 4.52. The molecule has 0 spiro atoms. The van der Waals surface area contributed by atoms with Gasteiger partial charge in [-0.1, -0.05) is 27.7 Å². The van der Waals surface area contributed by atoms with Gasteiger partial charge in [-0.15, -0.1) is 0 Å². The highest BCUT2D eigenvalue weighted by molar-refractivity contribution is 4.42. The SMILES string of the molecule is CC(C)COCC(C)C.COC. The first-order valence-electron chi connectivity index (χ1n) is 4.52. The van der Waals surface area contributed by atoms with Gasteiger partial charge in [-0.25, -0.2) is 0 Å². The Kier molecular flexibility index (Phi) is 13.1. The van der Waals surface area contributed by atoms with Gasteiger partial charge in [0.05, 0.1) is 0 Å². The predicted octanol–water partition coefficient (Wildman–Crippen LogP) is 2.58. The molecule has 0 radical (unpaired) electrons. The van der Waals surface area contributed by atoms with E-state index in [1.807, 2.05) is 0 Å². The normalized spacial score (nSPS) is 10.0. The standard InChI is InChI=1S/C8H18O.C2H6O/c1-7(2)5-9-6-8(3)4;1-3-2/h7-8H,5-6H2,1-4H3;1-2H3. The van der Waals surface area contributed by atoms with Crippen LogP contribution in [0.25, 0.3) is 0 Å². The second-order valence-electron chi connectivity index (χ2n) is 3.73. The van der Waals surface area contributed by atoms with E-state index in [0.29, 0.717) is 11.8 Å². The Morgan fingerprint density at radius 2 is 1.08 bits per heavy atom. The van der Waals surface area contributed by atoms with Gasteiger partial charge in [0.2, 0.25) is 0 Å². The highest BCUT2D eigenvalue weighted by Gasteiger charge is 1.95. The summed E-state index contributed by atoms with van der Waals surface area (Å²) in [5.74, 6) is 1.34. The first-order chi connectivity index (χ1) is 5.54. The molecule has 2 heteroatoms. The van der Waals surface area contributed by atoms with Crippen molar-refractivity contribution in [2.45, 2.75) is 27.7 Å². The lowest BCUT2D eigenvalue weighted by Crippen LogP contribution is -2.06. The summed E-state index contributed by atoms with van der Waals surface area (Å²) in [6.07, 6.45) is 0. The van der Waals surface area contributed by atoms with Crippen LogP contribution < -0.4 is 0 Å². The lowest BCUT2D eigenvalue weighted by Gasteiger charge is -2.07. The van der Waals surface area contributed by atoms with Gasteiger partial charge >= 0.3 is 0 Å². The zero-order valence-corrected chi connectivity index (χ0v) is 9.39. The first kappa shape index (κ1) is 14.4. The Morgan fingerprint density at radius 1 is 0.833 bits per heavy atom. The van der Waals surface area contributed by atoms with Gasteiger partial charge in [0.15, 0.2) is 0 Å². The quantitative estimate of drug-likeness (QED) is 0.655. The molecule has 0 aromatic carbocycles. The van der Waals surface area contributed by atoms with Crippen LogP contribution in [0, 0.1) is 11.8 Å². The maximum absolute atomic E-state index is 5.36. The molecule has 0 aliphatic heterocycles. The van der Waals surface area contributed by atoms with Crippen molar-refractivity contribution in [3.63, 3.8) is 0 Å². The maximum atomic E-state index is 5.36. The lowest BCUT2D eigenvalue weighted by molar-refractivity contribution is 0.0886. The summed E-state index contributed by atoms with van der Waals surface area (Å²) in [7, 11) is 3.25. The fourth-order valence-corrected chi connectivity index (χ4v) is 0.539. The third-order valence-electron chi connectivity index (χ3n) is 0.902. The van der Waals surface area contributed by atoms with Crippen molar-refractivity contribution in [1.82, 2.24) is 0 Å². The van der Waals surface area contributed by atoms with Gasteiger partial charge in [0.1, 0.15) is 0 Å². The van der Waals surface area contributed by atoms with Crippen molar-refractivity contribution in [1.29, 1.82) is 0 Å². The highest BCUT2D eigenvalue weighted by atomic mass is 16.5. The molecule has 0 atom stereocenters.